The summed E-state index contributed by atoms with van der Waals surface area (Å²) in [6.07, 6.45) is 3.55. The van der Waals surface area contributed by atoms with Gasteiger partial charge in [-0.2, -0.15) is 0 Å². The smallest absolute Gasteiger partial charge is 0.138 e. The SMILES string of the molecule is Cc1noc(C)c1Cn1nnc(CO)c1C1CCC1. The fraction of sp³-hybridized carbons (Fsp3) is 0.615. The minimum atomic E-state index is -0.0482. The molecule has 0 spiro atoms. The van der Waals surface area contributed by atoms with Crippen LogP contribution in [0.2, 0.25) is 0 Å². The van der Waals surface area contributed by atoms with Crippen LogP contribution in [-0.2, 0) is 13.2 Å². The molecule has 0 aromatic carbocycles. The number of aliphatic hydroxyl groups excluding tert-OH is 1. The van der Waals surface area contributed by atoms with Crippen LogP contribution < -0.4 is 0 Å². The van der Waals surface area contributed by atoms with Crippen molar-refractivity contribution in [3.8, 4) is 0 Å². The molecule has 0 saturated heterocycles. The molecule has 1 saturated carbocycles. The Morgan fingerprint density at radius 1 is 1.37 bits per heavy atom. The van der Waals surface area contributed by atoms with E-state index >= 15 is 0 Å². The minimum Gasteiger partial charge on any atom is -0.390 e. The molecule has 2 aromatic heterocycles. The first kappa shape index (κ1) is 12.3. The highest BCUT2D eigenvalue weighted by Crippen LogP contribution is 2.37. The quantitative estimate of drug-likeness (QED) is 0.907. The number of rotatable bonds is 4. The van der Waals surface area contributed by atoms with E-state index in [-0.39, 0.29) is 6.61 Å². The summed E-state index contributed by atoms with van der Waals surface area (Å²) in [4.78, 5) is 0. The van der Waals surface area contributed by atoms with E-state index < -0.39 is 0 Å². The molecule has 2 aromatic rings. The summed E-state index contributed by atoms with van der Waals surface area (Å²) >= 11 is 0. The Labute approximate surface area is 111 Å². The molecule has 0 unspecified atom stereocenters. The van der Waals surface area contributed by atoms with Crippen LogP contribution in [0.25, 0.3) is 0 Å². The maximum atomic E-state index is 9.39. The Bertz CT molecular complexity index is 564. The van der Waals surface area contributed by atoms with Gasteiger partial charge < -0.3 is 9.63 Å². The van der Waals surface area contributed by atoms with Gasteiger partial charge in [0.15, 0.2) is 0 Å². The van der Waals surface area contributed by atoms with Crippen molar-refractivity contribution in [2.75, 3.05) is 0 Å². The van der Waals surface area contributed by atoms with Gasteiger partial charge in [0, 0.05) is 11.5 Å². The van der Waals surface area contributed by atoms with Crippen LogP contribution in [0.1, 0.15) is 53.6 Å². The van der Waals surface area contributed by atoms with Crippen LogP contribution in [0.5, 0.6) is 0 Å². The number of hydrogen-bond acceptors (Lipinski definition) is 5. The van der Waals surface area contributed by atoms with Crippen LogP contribution in [-0.4, -0.2) is 25.3 Å². The van der Waals surface area contributed by atoms with E-state index in [1.54, 1.807) is 0 Å². The standard InChI is InChI=1S/C13H18N4O2/c1-8-11(9(2)19-15-8)6-17-13(10-4-3-5-10)12(7-18)14-16-17/h10,18H,3-7H2,1-2H3. The molecule has 1 N–H and O–H groups in total. The predicted molar refractivity (Wildman–Crippen MR) is 67.6 cm³/mol. The van der Waals surface area contributed by atoms with E-state index in [0.29, 0.717) is 18.2 Å². The third kappa shape index (κ3) is 2.06. The van der Waals surface area contributed by atoms with Gasteiger partial charge >= 0.3 is 0 Å². The van der Waals surface area contributed by atoms with Crippen molar-refractivity contribution >= 4 is 0 Å². The summed E-state index contributed by atoms with van der Waals surface area (Å²) in [6.45, 7) is 4.40. The molecule has 1 fully saturated rings. The summed E-state index contributed by atoms with van der Waals surface area (Å²) in [5.74, 6) is 1.30. The number of hydrogen-bond donors (Lipinski definition) is 1. The molecule has 2 heterocycles. The van der Waals surface area contributed by atoms with Crippen molar-refractivity contribution in [2.24, 2.45) is 0 Å². The third-order valence-electron chi connectivity index (χ3n) is 3.98. The van der Waals surface area contributed by atoms with E-state index in [9.17, 15) is 5.11 Å². The second-order valence-corrected chi connectivity index (χ2v) is 5.17. The van der Waals surface area contributed by atoms with Crippen LogP contribution in [0.4, 0.5) is 0 Å². The topological polar surface area (TPSA) is 77.0 Å². The average Bonchev–Trinajstić information content (AvgIpc) is 2.86. The van der Waals surface area contributed by atoms with E-state index in [0.717, 1.165) is 35.6 Å². The summed E-state index contributed by atoms with van der Waals surface area (Å²) in [5, 5.41) is 21.6. The van der Waals surface area contributed by atoms with Gasteiger partial charge in [0.25, 0.3) is 0 Å². The highest BCUT2D eigenvalue weighted by molar-refractivity contribution is 5.24. The summed E-state index contributed by atoms with van der Waals surface area (Å²) in [5.41, 5.74) is 3.72. The lowest BCUT2D eigenvalue weighted by molar-refractivity contribution is 0.271. The molecule has 6 heteroatoms. The largest absolute Gasteiger partial charge is 0.390 e. The number of aliphatic hydroxyl groups is 1. The molecule has 102 valence electrons. The fourth-order valence-electron chi connectivity index (χ4n) is 2.59. The Morgan fingerprint density at radius 3 is 2.68 bits per heavy atom. The van der Waals surface area contributed by atoms with Crippen molar-refractivity contribution in [3.63, 3.8) is 0 Å². The van der Waals surface area contributed by atoms with Crippen LogP contribution in [0.15, 0.2) is 4.52 Å². The second kappa shape index (κ2) is 4.77. The van der Waals surface area contributed by atoms with Crippen molar-refractivity contribution in [1.29, 1.82) is 0 Å². The molecule has 0 radical (unpaired) electrons. The highest BCUT2D eigenvalue weighted by atomic mass is 16.5. The second-order valence-electron chi connectivity index (χ2n) is 5.17. The lowest BCUT2D eigenvalue weighted by Gasteiger charge is -2.26. The van der Waals surface area contributed by atoms with Gasteiger partial charge in [0.2, 0.25) is 0 Å². The maximum Gasteiger partial charge on any atom is 0.138 e. The summed E-state index contributed by atoms with van der Waals surface area (Å²) in [7, 11) is 0. The molecule has 0 atom stereocenters. The number of aromatic nitrogens is 4. The Morgan fingerprint density at radius 2 is 2.16 bits per heavy atom. The maximum absolute atomic E-state index is 9.39. The zero-order valence-electron chi connectivity index (χ0n) is 11.3. The lowest BCUT2D eigenvalue weighted by Crippen LogP contribution is -2.17. The van der Waals surface area contributed by atoms with Gasteiger partial charge in [0.1, 0.15) is 11.5 Å². The molecule has 3 rings (SSSR count). The summed E-state index contributed by atoms with van der Waals surface area (Å²) in [6, 6.07) is 0. The third-order valence-corrected chi connectivity index (χ3v) is 3.98. The van der Waals surface area contributed by atoms with Crippen molar-refractivity contribution in [1.82, 2.24) is 20.2 Å². The average molecular weight is 262 g/mol. The fourth-order valence-corrected chi connectivity index (χ4v) is 2.59. The molecular weight excluding hydrogens is 244 g/mol. The zero-order chi connectivity index (χ0) is 13.4. The molecule has 0 aliphatic heterocycles. The van der Waals surface area contributed by atoms with Gasteiger partial charge in [-0.1, -0.05) is 16.8 Å². The van der Waals surface area contributed by atoms with E-state index in [2.05, 4.69) is 15.5 Å². The monoisotopic (exact) mass is 262 g/mol. The van der Waals surface area contributed by atoms with E-state index in [1.807, 2.05) is 18.5 Å². The number of aryl methyl sites for hydroxylation is 2. The first-order chi connectivity index (χ1) is 9.20. The van der Waals surface area contributed by atoms with Gasteiger partial charge in [-0.25, -0.2) is 4.68 Å². The first-order valence-electron chi connectivity index (χ1n) is 6.65. The number of nitrogens with zero attached hydrogens (tertiary/aromatic N) is 4. The Balaban J connectivity index is 1.94. The van der Waals surface area contributed by atoms with Gasteiger partial charge in [-0.3, -0.25) is 0 Å². The van der Waals surface area contributed by atoms with Crippen molar-refractivity contribution in [2.45, 2.75) is 52.2 Å². The molecular formula is C13H18N4O2. The molecule has 1 aliphatic carbocycles. The van der Waals surface area contributed by atoms with Crippen molar-refractivity contribution in [3.05, 3.63) is 28.4 Å². The van der Waals surface area contributed by atoms with Gasteiger partial charge in [-0.15, -0.1) is 5.10 Å². The predicted octanol–water partition coefficient (Wildman–Crippen LogP) is 1.69. The minimum absolute atomic E-state index is 0.0482. The normalized spacial score (nSPS) is 15.7. The Hall–Kier alpha value is -1.69. The van der Waals surface area contributed by atoms with E-state index in [1.165, 1.54) is 6.42 Å². The van der Waals surface area contributed by atoms with Crippen LogP contribution in [0.3, 0.4) is 0 Å². The highest BCUT2D eigenvalue weighted by Gasteiger charge is 2.28. The van der Waals surface area contributed by atoms with Crippen molar-refractivity contribution < 1.29 is 9.63 Å². The van der Waals surface area contributed by atoms with Gasteiger partial charge in [-0.05, 0) is 26.7 Å². The van der Waals surface area contributed by atoms with Crippen LogP contribution >= 0.6 is 0 Å². The van der Waals surface area contributed by atoms with Crippen LogP contribution in [0, 0.1) is 13.8 Å². The molecule has 6 nitrogen and oxygen atoms in total. The molecule has 0 bridgehead atoms. The molecule has 1 aliphatic rings. The van der Waals surface area contributed by atoms with E-state index in [4.69, 9.17) is 4.52 Å². The Kier molecular flexibility index (Phi) is 3.10. The van der Waals surface area contributed by atoms with Gasteiger partial charge in [0.05, 0.1) is 24.5 Å². The first-order valence-corrected chi connectivity index (χ1v) is 6.65. The zero-order valence-corrected chi connectivity index (χ0v) is 11.3. The molecule has 19 heavy (non-hydrogen) atoms. The lowest BCUT2D eigenvalue weighted by atomic mass is 9.82. The molecule has 0 amide bonds. The summed E-state index contributed by atoms with van der Waals surface area (Å²) < 4.78 is 7.07.